The zero-order valence-corrected chi connectivity index (χ0v) is 12.2. The second-order valence-electron chi connectivity index (χ2n) is 5.29. The lowest BCUT2D eigenvalue weighted by molar-refractivity contribution is 0.538. The van der Waals surface area contributed by atoms with Crippen LogP contribution < -0.4 is 10.6 Å². The topological polar surface area (TPSA) is 49.8 Å². The molecule has 1 atom stereocenters. The van der Waals surface area contributed by atoms with E-state index >= 15 is 0 Å². The third-order valence-electron chi connectivity index (χ3n) is 2.61. The Morgan fingerprint density at radius 3 is 2.44 bits per heavy atom. The maximum absolute atomic E-state index is 4.43. The largest absolute Gasteiger partial charge is 0.370 e. The number of aromatic nitrogens is 2. The Bertz CT molecular complexity index is 363. The molecule has 0 fully saturated rings. The molecule has 1 aromatic rings. The first-order valence-electron chi connectivity index (χ1n) is 6.87. The summed E-state index contributed by atoms with van der Waals surface area (Å²) in [6.07, 6.45) is 2.23. The van der Waals surface area contributed by atoms with Crippen LogP contribution in [-0.2, 0) is 0 Å². The third kappa shape index (κ3) is 5.34. The maximum Gasteiger partial charge on any atom is 0.132 e. The van der Waals surface area contributed by atoms with E-state index in [1.807, 2.05) is 13.0 Å². The van der Waals surface area contributed by atoms with Crippen LogP contribution in [0.1, 0.15) is 46.4 Å². The number of hydrogen-bond donors (Lipinski definition) is 2. The maximum atomic E-state index is 4.43. The Labute approximate surface area is 111 Å². The first-order valence-corrected chi connectivity index (χ1v) is 6.87. The van der Waals surface area contributed by atoms with Crippen LogP contribution in [0.15, 0.2) is 6.07 Å². The molecule has 0 aliphatic carbocycles. The van der Waals surface area contributed by atoms with Gasteiger partial charge in [0.15, 0.2) is 0 Å². The Hall–Kier alpha value is -1.32. The van der Waals surface area contributed by atoms with Gasteiger partial charge in [0.05, 0.1) is 0 Å². The molecular formula is C14H26N4. The second kappa shape index (κ2) is 7.19. The molecule has 0 saturated heterocycles. The molecule has 0 amide bonds. The van der Waals surface area contributed by atoms with Gasteiger partial charge >= 0.3 is 0 Å². The van der Waals surface area contributed by atoms with Gasteiger partial charge in [0.2, 0.25) is 0 Å². The minimum Gasteiger partial charge on any atom is -0.370 e. The van der Waals surface area contributed by atoms with E-state index in [1.165, 1.54) is 0 Å². The summed E-state index contributed by atoms with van der Waals surface area (Å²) in [6.45, 7) is 11.7. The standard InChI is InChI=1S/C14H26N4/c1-6-7-15-13-9-14(18-12(5)17-13)16-11(4)8-10(2)3/h9-11H,6-8H2,1-5H3,(H2,15,16,17,18). The van der Waals surface area contributed by atoms with Crippen molar-refractivity contribution in [3.8, 4) is 0 Å². The minimum atomic E-state index is 0.429. The highest BCUT2D eigenvalue weighted by atomic mass is 15.1. The normalized spacial score (nSPS) is 12.6. The lowest BCUT2D eigenvalue weighted by Crippen LogP contribution is -2.19. The molecule has 1 aromatic heterocycles. The summed E-state index contributed by atoms with van der Waals surface area (Å²) in [6, 6.07) is 2.41. The Balaban J connectivity index is 2.67. The summed E-state index contributed by atoms with van der Waals surface area (Å²) in [7, 11) is 0. The monoisotopic (exact) mass is 250 g/mol. The van der Waals surface area contributed by atoms with Gasteiger partial charge in [0, 0.05) is 18.7 Å². The van der Waals surface area contributed by atoms with Gasteiger partial charge in [-0.3, -0.25) is 0 Å². The predicted molar refractivity (Wildman–Crippen MR) is 78.1 cm³/mol. The van der Waals surface area contributed by atoms with Crippen molar-refractivity contribution < 1.29 is 0 Å². The molecule has 18 heavy (non-hydrogen) atoms. The summed E-state index contributed by atoms with van der Waals surface area (Å²) < 4.78 is 0. The number of anilines is 2. The molecule has 4 heteroatoms. The summed E-state index contributed by atoms with van der Waals surface area (Å²) in [4.78, 5) is 8.80. The van der Waals surface area contributed by atoms with Crippen molar-refractivity contribution in [2.45, 2.75) is 53.5 Å². The van der Waals surface area contributed by atoms with Crippen molar-refractivity contribution in [3.05, 3.63) is 11.9 Å². The lowest BCUT2D eigenvalue weighted by atomic mass is 10.1. The van der Waals surface area contributed by atoms with Gasteiger partial charge in [-0.2, -0.15) is 0 Å². The first kappa shape index (κ1) is 14.7. The zero-order valence-electron chi connectivity index (χ0n) is 12.2. The fraction of sp³-hybridized carbons (Fsp3) is 0.714. The van der Waals surface area contributed by atoms with E-state index in [9.17, 15) is 0 Å². The molecular weight excluding hydrogens is 224 g/mol. The molecule has 0 radical (unpaired) electrons. The SMILES string of the molecule is CCCNc1cc(NC(C)CC(C)C)nc(C)n1. The highest BCUT2D eigenvalue weighted by Crippen LogP contribution is 2.14. The zero-order chi connectivity index (χ0) is 13.5. The fourth-order valence-electron chi connectivity index (χ4n) is 2.00. The summed E-state index contributed by atoms with van der Waals surface area (Å²) in [5.41, 5.74) is 0. The van der Waals surface area contributed by atoms with Gasteiger partial charge in [0.25, 0.3) is 0 Å². The second-order valence-corrected chi connectivity index (χ2v) is 5.29. The lowest BCUT2D eigenvalue weighted by Gasteiger charge is -2.17. The van der Waals surface area contributed by atoms with Crippen LogP contribution in [0.4, 0.5) is 11.6 Å². The van der Waals surface area contributed by atoms with Gasteiger partial charge in [0.1, 0.15) is 17.5 Å². The molecule has 0 aliphatic heterocycles. The van der Waals surface area contributed by atoms with Crippen LogP contribution in [-0.4, -0.2) is 22.6 Å². The Morgan fingerprint density at radius 2 is 1.83 bits per heavy atom. The molecule has 0 aromatic carbocycles. The molecule has 0 saturated carbocycles. The van der Waals surface area contributed by atoms with Crippen LogP contribution in [0.5, 0.6) is 0 Å². The number of hydrogen-bond acceptors (Lipinski definition) is 4. The van der Waals surface area contributed by atoms with E-state index in [2.05, 4.69) is 48.3 Å². The van der Waals surface area contributed by atoms with Crippen molar-refractivity contribution >= 4 is 11.6 Å². The van der Waals surface area contributed by atoms with Crippen molar-refractivity contribution in [2.75, 3.05) is 17.2 Å². The average molecular weight is 250 g/mol. The molecule has 1 unspecified atom stereocenters. The van der Waals surface area contributed by atoms with Gasteiger partial charge in [-0.15, -0.1) is 0 Å². The minimum absolute atomic E-state index is 0.429. The molecule has 102 valence electrons. The van der Waals surface area contributed by atoms with E-state index < -0.39 is 0 Å². The van der Waals surface area contributed by atoms with E-state index in [0.717, 1.165) is 36.8 Å². The molecule has 0 aliphatic rings. The van der Waals surface area contributed by atoms with Crippen LogP contribution in [0.3, 0.4) is 0 Å². The van der Waals surface area contributed by atoms with Crippen LogP contribution in [0.25, 0.3) is 0 Å². The van der Waals surface area contributed by atoms with Gasteiger partial charge < -0.3 is 10.6 Å². The van der Waals surface area contributed by atoms with Gasteiger partial charge in [-0.05, 0) is 32.6 Å². The van der Waals surface area contributed by atoms with Crippen molar-refractivity contribution in [1.82, 2.24) is 9.97 Å². The molecule has 4 nitrogen and oxygen atoms in total. The van der Waals surface area contributed by atoms with Crippen molar-refractivity contribution in [1.29, 1.82) is 0 Å². The predicted octanol–water partition coefficient (Wildman–Crippen LogP) is 3.45. The van der Waals surface area contributed by atoms with E-state index in [4.69, 9.17) is 0 Å². The van der Waals surface area contributed by atoms with Crippen LogP contribution in [0.2, 0.25) is 0 Å². The number of nitrogens with one attached hydrogen (secondary N) is 2. The first-order chi connectivity index (χ1) is 8.51. The van der Waals surface area contributed by atoms with Gasteiger partial charge in [-0.25, -0.2) is 9.97 Å². The highest BCUT2D eigenvalue weighted by Gasteiger charge is 2.07. The smallest absolute Gasteiger partial charge is 0.132 e. The van der Waals surface area contributed by atoms with Crippen LogP contribution in [0, 0.1) is 12.8 Å². The van der Waals surface area contributed by atoms with Crippen molar-refractivity contribution in [3.63, 3.8) is 0 Å². The van der Waals surface area contributed by atoms with E-state index in [0.29, 0.717) is 12.0 Å². The highest BCUT2D eigenvalue weighted by molar-refractivity contribution is 5.47. The summed E-state index contributed by atoms with van der Waals surface area (Å²) in [5.74, 6) is 3.31. The summed E-state index contributed by atoms with van der Waals surface area (Å²) >= 11 is 0. The number of rotatable bonds is 7. The van der Waals surface area contributed by atoms with E-state index in [1.54, 1.807) is 0 Å². The van der Waals surface area contributed by atoms with Crippen LogP contribution >= 0.6 is 0 Å². The summed E-state index contributed by atoms with van der Waals surface area (Å²) in [5, 5.41) is 6.74. The van der Waals surface area contributed by atoms with Crippen molar-refractivity contribution in [2.24, 2.45) is 5.92 Å². The fourth-order valence-corrected chi connectivity index (χ4v) is 2.00. The molecule has 1 rings (SSSR count). The molecule has 1 heterocycles. The van der Waals surface area contributed by atoms with E-state index in [-0.39, 0.29) is 0 Å². The molecule has 0 spiro atoms. The molecule has 0 bridgehead atoms. The Morgan fingerprint density at radius 1 is 1.17 bits per heavy atom. The third-order valence-corrected chi connectivity index (χ3v) is 2.61. The number of nitrogens with zero attached hydrogens (tertiary/aromatic N) is 2. The van der Waals surface area contributed by atoms with Gasteiger partial charge in [-0.1, -0.05) is 20.8 Å². The average Bonchev–Trinajstić information content (AvgIpc) is 2.24. The number of aryl methyl sites for hydroxylation is 1. The quantitative estimate of drug-likeness (QED) is 0.778. The molecule has 2 N–H and O–H groups in total. The Kier molecular flexibility index (Phi) is 5.89.